The number of piperidine rings is 1. The second-order valence-electron chi connectivity index (χ2n) is 4.44. The van der Waals surface area contributed by atoms with Crippen LogP contribution in [0.3, 0.4) is 0 Å². The van der Waals surface area contributed by atoms with Crippen molar-refractivity contribution in [3.63, 3.8) is 0 Å². The van der Waals surface area contributed by atoms with E-state index >= 15 is 0 Å². The van der Waals surface area contributed by atoms with Gasteiger partial charge in [0.15, 0.2) is 0 Å². The average Bonchev–Trinajstić information content (AvgIpc) is 2.40. The monoisotopic (exact) mass is 235 g/mol. The van der Waals surface area contributed by atoms with Crippen molar-refractivity contribution in [2.24, 2.45) is 0 Å². The average molecular weight is 235 g/mol. The highest BCUT2D eigenvalue weighted by Crippen LogP contribution is 2.17. The maximum absolute atomic E-state index is 5.04. The maximum atomic E-state index is 5.04. The molecule has 0 aliphatic carbocycles. The quantitative estimate of drug-likeness (QED) is 0.866. The normalized spacial score (nSPS) is 18.0. The number of nitrogens with one attached hydrogen (secondary N) is 1. The molecule has 1 fully saturated rings. The van der Waals surface area contributed by atoms with Crippen molar-refractivity contribution in [2.45, 2.75) is 25.8 Å². The highest BCUT2D eigenvalue weighted by atomic mass is 16.5. The number of hydrogen-bond donors (Lipinski definition) is 1. The standard InChI is InChI=1S/C13H21N3O/c1-3-16-8-6-11(7-9-16)15-12-4-5-13(17-2)14-10-12/h4-5,10-11,15H,3,6-9H2,1-2H3. The highest BCUT2D eigenvalue weighted by molar-refractivity contribution is 5.43. The van der Waals surface area contributed by atoms with Gasteiger partial charge in [0.1, 0.15) is 0 Å². The summed E-state index contributed by atoms with van der Waals surface area (Å²) < 4.78 is 5.04. The second kappa shape index (κ2) is 5.87. The Morgan fingerprint density at radius 1 is 1.41 bits per heavy atom. The summed E-state index contributed by atoms with van der Waals surface area (Å²) in [6.45, 7) is 5.77. The molecule has 0 spiro atoms. The number of ether oxygens (including phenoxy) is 1. The van der Waals surface area contributed by atoms with Gasteiger partial charge in [0.25, 0.3) is 0 Å². The molecule has 0 saturated carbocycles. The molecule has 0 unspecified atom stereocenters. The fraction of sp³-hybridized carbons (Fsp3) is 0.615. The van der Waals surface area contributed by atoms with Crippen molar-refractivity contribution in [2.75, 3.05) is 32.1 Å². The molecule has 0 amide bonds. The van der Waals surface area contributed by atoms with Crippen LogP contribution in [0.15, 0.2) is 18.3 Å². The number of rotatable bonds is 4. The molecule has 1 aliphatic heterocycles. The molecule has 0 radical (unpaired) electrons. The lowest BCUT2D eigenvalue weighted by Gasteiger charge is -2.31. The molecule has 1 aliphatic rings. The van der Waals surface area contributed by atoms with E-state index in [1.807, 2.05) is 18.3 Å². The Morgan fingerprint density at radius 2 is 2.18 bits per heavy atom. The van der Waals surface area contributed by atoms with Gasteiger partial charge in [-0.3, -0.25) is 0 Å². The molecule has 4 nitrogen and oxygen atoms in total. The minimum absolute atomic E-state index is 0.577. The molecular weight excluding hydrogens is 214 g/mol. The zero-order chi connectivity index (χ0) is 12.1. The van der Waals surface area contributed by atoms with Crippen LogP contribution in [0.25, 0.3) is 0 Å². The topological polar surface area (TPSA) is 37.4 Å². The van der Waals surface area contributed by atoms with Gasteiger partial charge in [-0.15, -0.1) is 0 Å². The lowest BCUT2D eigenvalue weighted by Crippen LogP contribution is -2.38. The predicted molar refractivity (Wildman–Crippen MR) is 69.5 cm³/mol. The molecule has 1 saturated heterocycles. The number of methoxy groups -OCH3 is 1. The van der Waals surface area contributed by atoms with E-state index in [4.69, 9.17) is 4.74 Å². The molecule has 4 heteroatoms. The summed E-state index contributed by atoms with van der Waals surface area (Å²) in [7, 11) is 1.63. The largest absolute Gasteiger partial charge is 0.481 e. The van der Waals surface area contributed by atoms with Crippen molar-refractivity contribution in [1.82, 2.24) is 9.88 Å². The van der Waals surface area contributed by atoms with Crippen LogP contribution in [-0.2, 0) is 0 Å². The van der Waals surface area contributed by atoms with E-state index < -0.39 is 0 Å². The predicted octanol–water partition coefficient (Wildman–Crippen LogP) is 1.99. The van der Waals surface area contributed by atoms with Crippen LogP contribution in [0, 0.1) is 0 Å². The Kier molecular flexibility index (Phi) is 4.20. The van der Waals surface area contributed by atoms with Gasteiger partial charge >= 0.3 is 0 Å². The summed E-state index contributed by atoms with van der Waals surface area (Å²) >= 11 is 0. The summed E-state index contributed by atoms with van der Waals surface area (Å²) in [5.74, 6) is 0.663. The Bertz CT molecular complexity index is 331. The summed E-state index contributed by atoms with van der Waals surface area (Å²) in [5.41, 5.74) is 1.08. The van der Waals surface area contributed by atoms with E-state index in [2.05, 4.69) is 22.1 Å². The van der Waals surface area contributed by atoms with Crippen LogP contribution < -0.4 is 10.1 Å². The lowest BCUT2D eigenvalue weighted by molar-refractivity contribution is 0.229. The first-order valence-corrected chi connectivity index (χ1v) is 6.30. The minimum atomic E-state index is 0.577. The van der Waals surface area contributed by atoms with Crippen molar-refractivity contribution < 1.29 is 4.74 Å². The molecule has 0 atom stereocenters. The minimum Gasteiger partial charge on any atom is -0.481 e. The first-order valence-electron chi connectivity index (χ1n) is 6.30. The van der Waals surface area contributed by atoms with E-state index in [0.717, 1.165) is 12.2 Å². The van der Waals surface area contributed by atoms with E-state index in [-0.39, 0.29) is 0 Å². The lowest BCUT2D eigenvalue weighted by atomic mass is 10.0. The van der Waals surface area contributed by atoms with Crippen LogP contribution in [0.5, 0.6) is 5.88 Å². The zero-order valence-electron chi connectivity index (χ0n) is 10.6. The fourth-order valence-electron chi connectivity index (χ4n) is 2.22. The van der Waals surface area contributed by atoms with Crippen molar-refractivity contribution in [3.05, 3.63) is 18.3 Å². The number of pyridine rings is 1. The number of anilines is 1. The first-order chi connectivity index (χ1) is 8.31. The van der Waals surface area contributed by atoms with Gasteiger partial charge in [0.05, 0.1) is 19.0 Å². The molecule has 1 N–H and O–H groups in total. The van der Waals surface area contributed by atoms with Crippen LogP contribution in [0.2, 0.25) is 0 Å². The smallest absolute Gasteiger partial charge is 0.213 e. The molecule has 0 aromatic carbocycles. The van der Waals surface area contributed by atoms with Gasteiger partial charge < -0.3 is 15.0 Å². The first kappa shape index (κ1) is 12.2. The molecule has 2 rings (SSSR count). The van der Waals surface area contributed by atoms with Crippen molar-refractivity contribution in [1.29, 1.82) is 0 Å². The van der Waals surface area contributed by atoms with Gasteiger partial charge in [-0.1, -0.05) is 6.92 Å². The van der Waals surface area contributed by atoms with Gasteiger partial charge in [-0.2, -0.15) is 0 Å². The van der Waals surface area contributed by atoms with Crippen molar-refractivity contribution in [3.8, 4) is 5.88 Å². The molecule has 2 heterocycles. The van der Waals surface area contributed by atoms with Crippen LogP contribution in [0.1, 0.15) is 19.8 Å². The van der Waals surface area contributed by atoms with Crippen LogP contribution in [-0.4, -0.2) is 42.7 Å². The van der Waals surface area contributed by atoms with Crippen LogP contribution >= 0.6 is 0 Å². The third-order valence-electron chi connectivity index (χ3n) is 3.35. The summed E-state index contributed by atoms with van der Waals surface area (Å²) in [6.07, 6.45) is 4.25. The molecule has 1 aromatic rings. The van der Waals surface area contributed by atoms with Gasteiger partial charge in [0.2, 0.25) is 5.88 Å². The highest BCUT2D eigenvalue weighted by Gasteiger charge is 2.17. The number of hydrogen-bond acceptors (Lipinski definition) is 4. The van der Waals surface area contributed by atoms with Gasteiger partial charge in [0, 0.05) is 25.2 Å². The summed E-state index contributed by atoms with van der Waals surface area (Å²) in [5, 5.41) is 3.53. The third kappa shape index (κ3) is 3.33. The summed E-state index contributed by atoms with van der Waals surface area (Å²) in [4.78, 5) is 6.69. The second-order valence-corrected chi connectivity index (χ2v) is 4.44. The van der Waals surface area contributed by atoms with Crippen LogP contribution in [0.4, 0.5) is 5.69 Å². The molecule has 17 heavy (non-hydrogen) atoms. The number of aromatic nitrogens is 1. The number of likely N-dealkylation sites (tertiary alicyclic amines) is 1. The molecule has 94 valence electrons. The fourth-order valence-corrected chi connectivity index (χ4v) is 2.22. The Morgan fingerprint density at radius 3 is 2.71 bits per heavy atom. The van der Waals surface area contributed by atoms with E-state index in [0.29, 0.717) is 11.9 Å². The Hall–Kier alpha value is -1.29. The van der Waals surface area contributed by atoms with E-state index in [1.165, 1.54) is 25.9 Å². The number of nitrogens with zero attached hydrogens (tertiary/aromatic N) is 2. The zero-order valence-corrected chi connectivity index (χ0v) is 10.6. The molecular formula is C13H21N3O. The van der Waals surface area contributed by atoms with E-state index in [1.54, 1.807) is 7.11 Å². The molecule has 0 bridgehead atoms. The van der Waals surface area contributed by atoms with E-state index in [9.17, 15) is 0 Å². The molecule has 1 aromatic heterocycles. The third-order valence-corrected chi connectivity index (χ3v) is 3.35. The van der Waals surface area contributed by atoms with Crippen molar-refractivity contribution >= 4 is 5.69 Å². The Balaban J connectivity index is 1.84. The summed E-state index contributed by atoms with van der Waals surface area (Å²) in [6, 6.07) is 4.50. The van der Waals surface area contributed by atoms with Gasteiger partial charge in [-0.25, -0.2) is 4.98 Å². The SMILES string of the molecule is CCN1CCC(Nc2ccc(OC)nc2)CC1. The van der Waals surface area contributed by atoms with Gasteiger partial charge in [-0.05, 0) is 25.5 Å². The maximum Gasteiger partial charge on any atom is 0.213 e. The Labute approximate surface area is 103 Å².